The second-order valence-electron chi connectivity index (χ2n) is 6.02. The van der Waals surface area contributed by atoms with Crippen LogP contribution in [0.15, 0.2) is 48.5 Å². The highest BCUT2D eigenvalue weighted by Crippen LogP contribution is 2.27. The maximum absolute atomic E-state index is 11.9. The molecule has 0 radical (unpaired) electrons. The molecule has 0 heterocycles. The molecule has 0 aliphatic heterocycles. The number of hydrogen-bond acceptors (Lipinski definition) is 2. The largest absolute Gasteiger partial charge is 0.351 e. The second kappa shape index (κ2) is 7.62. The van der Waals surface area contributed by atoms with E-state index >= 15 is 0 Å². The lowest BCUT2D eigenvalue weighted by Gasteiger charge is -2.11. The van der Waals surface area contributed by atoms with Gasteiger partial charge in [-0.3, -0.25) is 4.79 Å². The molecule has 0 unspecified atom stereocenters. The summed E-state index contributed by atoms with van der Waals surface area (Å²) in [4.78, 5) is 11.9. The van der Waals surface area contributed by atoms with E-state index in [2.05, 4.69) is 16.7 Å². The highest BCUT2D eigenvalue weighted by atomic mass is 35.5. The van der Waals surface area contributed by atoms with Crippen molar-refractivity contribution < 1.29 is 4.79 Å². The molecular weight excluding hydrogens is 308 g/mol. The Bertz CT molecular complexity index is 665. The molecule has 0 bridgehead atoms. The molecule has 1 aliphatic rings. The van der Waals surface area contributed by atoms with Gasteiger partial charge in [0.25, 0.3) is 0 Å². The first-order valence-electron chi connectivity index (χ1n) is 8.03. The zero-order valence-electron chi connectivity index (χ0n) is 13.0. The van der Waals surface area contributed by atoms with Gasteiger partial charge in [-0.05, 0) is 54.1 Å². The van der Waals surface area contributed by atoms with Crippen LogP contribution in [0.3, 0.4) is 0 Å². The number of carbonyl (C=O) groups is 1. The van der Waals surface area contributed by atoms with E-state index in [0.717, 1.165) is 34.2 Å². The smallest absolute Gasteiger partial charge is 0.234 e. The molecule has 1 aliphatic carbocycles. The molecule has 4 heteroatoms. The van der Waals surface area contributed by atoms with E-state index in [1.165, 1.54) is 12.8 Å². The minimum atomic E-state index is 0.0385. The van der Waals surface area contributed by atoms with Crippen molar-refractivity contribution in [1.82, 2.24) is 10.6 Å². The summed E-state index contributed by atoms with van der Waals surface area (Å²) in [7, 11) is 0. The van der Waals surface area contributed by atoms with E-state index in [1.54, 1.807) is 0 Å². The lowest BCUT2D eigenvalue weighted by Crippen LogP contribution is -2.34. The second-order valence-corrected chi connectivity index (χ2v) is 6.45. The highest BCUT2D eigenvalue weighted by molar-refractivity contribution is 6.30. The van der Waals surface area contributed by atoms with E-state index in [9.17, 15) is 4.79 Å². The van der Waals surface area contributed by atoms with Crippen LogP contribution < -0.4 is 10.6 Å². The molecule has 1 amide bonds. The van der Waals surface area contributed by atoms with Gasteiger partial charge in [0.05, 0.1) is 6.54 Å². The molecule has 0 spiro atoms. The third kappa shape index (κ3) is 4.81. The van der Waals surface area contributed by atoms with E-state index in [0.29, 0.717) is 13.1 Å². The zero-order valence-corrected chi connectivity index (χ0v) is 13.8. The van der Waals surface area contributed by atoms with E-state index < -0.39 is 0 Å². The van der Waals surface area contributed by atoms with Gasteiger partial charge in [-0.15, -0.1) is 0 Å². The monoisotopic (exact) mass is 328 g/mol. The normalized spacial score (nSPS) is 13.8. The average Bonchev–Trinajstić information content (AvgIpc) is 3.38. The van der Waals surface area contributed by atoms with Crippen molar-refractivity contribution >= 4 is 17.5 Å². The molecule has 3 rings (SSSR count). The Balaban J connectivity index is 1.58. The summed E-state index contributed by atoms with van der Waals surface area (Å²) in [5.74, 6) is 0.824. The molecule has 0 aromatic heterocycles. The van der Waals surface area contributed by atoms with Crippen molar-refractivity contribution in [3.05, 3.63) is 59.1 Å². The predicted octanol–water partition coefficient (Wildman–Crippen LogP) is 3.62. The lowest BCUT2D eigenvalue weighted by atomic mass is 10.00. The number of benzene rings is 2. The topological polar surface area (TPSA) is 41.1 Å². The molecule has 120 valence electrons. The predicted molar refractivity (Wildman–Crippen MR) is 94.3 cm³/mol. The summed E-state index contributed by atoms with van der Waals surface area (Å²) in [6.07, 6.45) is 2.59. The first-order valence-corrected chi connectivity index (χ1v) is 8.41. The fourth-order valence-electron chi connectivity index (χ4n) is 2.55. The fraction of sp³-hybridized carbons (Fsp3) is 0.316. The van der Waals surface area contributed by atoms with Gasteiger partial charge in [-0.1, -0.05) is 48.0 Å². The van der Waals surface area contributed by atoms with Gasteiger partial charge < -0.3 is 10.6 Å². The van der Waals surface area contributed by atoms with Gasteiger partial charge in [-0.2, -0.15) is 0 Å². The van der Waals surface area contributed by atoms with Crippen molar-refractivity contribution in [1.29, 1.82) is 0 Å². The quantitative estimate of drug-likeness (QED) is 0.815. The van der Waals surface area contributed by atoms with E-state index in [1.807, 2.05) is 42.5 Å². The minimum Gasteiger partial charge on any atom is -0.351 e. The van der Waals surface area contributed by atoms with Crippen molar-refractivity contribution in [2.24, 2.45) is 5.92 Å². The summed E-state index contributed by atoms with van der Waals surface area (Å²) in [6.45, 7) is 1.87. The Morgan fingerprint density at radius 2 is 1.83 bits per heavy atom. The molecule has 1 saturated carbocycles. The van der Waals surface area contributed by atoms with Gasteiger partial charge in [-0.25, -0.2) is 0 Å². The molecule has 1 fully saturated rings. The standard InChI is InChI=1S/C19H21ClN2O/c20-17-9-7-15(8-10-17)18-4-2-1-3-16(18)12-22-19(23)13-21-11-14-5-6-14/h1-4,7-10,14,21H,5-6,11-13H2,(H,22,23). The van der Waals surface area contributed by atoms with Crippen LogP contribution in [-0.2, 0) is 11.3 Å². The average molecular weight is 329 g/mol. The maximum Gasteiger partial charge on any atom is 0.234 e. The van der Waals surface area contributed by atoms with Gasteiger partial charge >= 0.3 is 0 Å². The Hall–Kier alpha value is -1.84. The van der Waals surface area contributed by atoms with Crippen LogP contribution in [0.2, 0.25) is 5.02 Å². The van der Waals surface area contributed by atoms with Crippen LogP contribution in [0.5, 0.6) is 0 Å². The number of hydrogen-bond donors (Lipinski definition) is 2. The van der Waals surface area contributed by atoms with Crippen LogP contribution in [0.25, 0.3) is 11.1 Å². The number of amides is 1. The number of carbonyl (C=O) groups excluding carboxylic acids is 1. The van der Waals surface area contributed by atoms with Crippen molar-refractivity contribution in [3.63, 3.8) is 0 Å². The van der Waals surface area contributed by atoms with Gasteiger partial charge in [0.2, 0.25) is 5.91 Å². The number of nitrogens with one attached hydrogen (secondary N) is 2. The molecule has 2 aromatic carbocycles. The van der Waals surface area contributed by atoms with Crippen molar-refractivity contribution in [2.45, 2.75) is 19.4 Å². The Labute approximate surface area is 142 Å². The Kier molecular flexibility index (Phi) is 5.31. The van der Waals surface area contributed by atoms with Crippen molar-refractivity contribution in [3.8, 4) is 11.1 Å². The third-order valence-electron chi connectivity index (χ3n) is 4.06. The van der Waals surface area contributed by atoms with Crippen LogP contribution in [0, 0.1) is 5.92 Å². The summed E-state index contributed by atoms with van der Waals surface area (Å²) in [6, 6.07) is 15.9. The number of rotatable bonds is 7. The number of halogens is 1. The van der Waals surface area contributed by atoms with Gasteiger partial charge in [0.15, 0.2) is 0 Å². The summed E-state index contributed by atoms with van der Waals surface area (Å²) >= 11 is 5.95. The van der Waals surface area contributed by atoms with Gasteiger partial charge in [0.1, 0.15) is 0 Å². The Morgan fingerprint density at radius 1 is 1.09 bits per heavy atom. The molecule has 0 atom stereocenters. The van der Waals surface area contributed by atoms with Crippen LogP contribution in [0.1, 0.15) is 18.4 Å². The summed E-state index contributed by atoms with van der Waals surface area (Å²) in [5.41, 5.74) is 3.33. The first-order chi connectivity index (χ1) is 11.2. The SMILES string of the molecule is O=C(CNCC1CC1)NCc1ccccc1-c1ccc(Cl)cc1. The Morgan fingerprint density at radius 3 is 2.57 bits per heavy atom. The van der Waals surface area contributed by atoms with Crippen molar-refractivity contribution in [2.75, 3.05) is 13.1 Å². The van der Waals surface area contributed by atoms with Crippen LogP contribution >= 0.6 is 11.6 Å². The van der Waals surface area contributed by atoms with E-state index in [-0.39, 0.29) is 5.91 Å². The van der Waals surface area contributed by atoms with Gasteiger partial charge in [0, 0.05) is 11.6 Å². The minimum absolute atomic E-state index is 0.0385. The lowest BCUT2D eigenvalue weighted by molar-refractivity contribution is -0.120. The van der Waals surface area contributed by atoms with Crippen LogP contribution in [-0.4, -0.2) is 19.0 Å². The maximum atomic E-state index is 11.9. The molecular formula is C19H21ClN2O. The molecule has 3 nitrogen and oxygen atoms in total. The zero-order chi connectivity index (χ0) is 16.1. The first kappa shape index (κ1) is 16.0. The third-order valence-corrected chi connectivity index (χ3v) is 4.32. The molecule has 23 heavy (non-hydrogen) atoms. The molecule has 2 aromatic rings. The molecule has 2 N–H and O–H groups in total. The molecule has 0 saturated heterocycles. The van der Waals surface area contributed by atoms with Crippen LogP contribution in [0.4, 0.5) is 0 Å². The fourth-order valence-corrected chi connectivity index (χ4v) is 2.68. The summed E-state index contributed by atoms with van der Waals surface area (Å²) in [5, 5.41) is 6.92. The van der Waals surface area contributed by atoms with E-state index in [4.69, 9.17) is 11.6 Å². The highest BCUT2D eigenvalue weighted by Gasteiger charge is 2.20. The summed E-state index contributed by atoms with van der Waals surface area (Å²) < 4.78 is 0.